The lowest BCUT2D eigenvalue weighted by molar-refractivity contribution is 0.669. The molecule has 0 saturated heterocycles. The van der Waals surface area contributed by atoms with Gasteiger partial charge >= 0.3 is 0 Å². The van der Waals surface area contributed by atoms with Crippen molar-refractivity contribution in [3.63, 3.8) is 0 Å². The van der Waals surface area contributed by atoms with E-state index in [-0.39, 0.29) is 0 Å². The number of thiophene rings is 5. The second kappa shape index (κ2) is 35.4. The molecule has 0 fully saturated rings. The Morgan fingerprint density at radius 2 is 0.727 bits per heavy atom. The van der Waals surface area contributed by atoms with Gasteiger partial charge in [0.15, 0.2) is 0 Å². The standard InChI is InChI=1S/C42H27NS.C38H24N2S.C31H18N2OS.C26H14N2S2/c1-2-12-32(13-3-1)43(34-23-18-28-10-4-5-11-30(28)24-34)33-21-19-29(20-22-33)38-25-31-26-40-37-16-8-9-17-41(37)44-42(40)27-39(31)36-15-7-6-14-35(36)38;1-23-38-30(17-18-39-23)31-22-37-33(29-12-6-8-14-36(29)41-37)20-25(31)19-32(38)24-15-16-28-27-11-5-7-13-34(27)40(35(28)21-24)26-9-3-2-4-10-26;1-17-16-32-30-23-15-29-25(21-7-3-5-9-28(21)35-29)14-19(23)13-22(31(30)33-17)18-10-11-27-24(12-18)20-6-2-4-8-26(20)34-27;1-3-7-23-17(6-1)22(14-29-23)20-11-15-12-21-16-5-2-4-8-24(16)30-25(21)13-19(15)26-18(20)9-10-27-28-26/h1-27H;2-22H,1H3;2-16H,1H3;1-14H. The summed E-state index contributed by atoms with van der Waals surface area (Å²) in [5.41, 5.74) is 23.3. The summed E-state index contributed by atoms with van der Waals surface area (Å²) in [6.45, 7) is 4.14. The first-order valence-corrected chi connectivity index (χ1v) is 54.6. The van der Waals surface area contributed by atoms with Crippen molar-refractivity contribution >= 4 is 306 Å². The van der Waals surface area contributed by atoms with Crippen molar-refractivity contribution in [2.24, 2.45) is 0 Å². The largest absolute Gasteiger partial charge is 0.456 e. The van der Waals surface area contributed by atoms with E-state index < -0.39 is 0 Å². The van der Waals surface area contributed by atoms with E-state index in [0.29, 0.717) is 0 Å². The summed E-state index contributed by atoms with van der Waals surface area (Å²) in [6.07, 6.45) is 5.62. The third-order valence-electron chi connectivity index (χ3n) is 30.2. The van der Waals surface area contributed by atoms with Crippen molar-refractivity contribution in [1.29, 1.82) is 0 Å². The topological polar surface area (TPSA) is 85.8 Å². The molecule has 33 aromatic rings. The van der Waals surface area contributed by atoms with Crippen LogP contribution in [-0.2, 0) is 0 Å². The number of pyridine rings is 1. The molecule has 0 bridgehead atoms. The Bertz CT molecular complexity index is 11400. The van der Waals surface area contributed by atoms with Crippen LogP contribution in [0.1, 0.15) is 11.4 Å². The number of aromatic nitrogens is 6. The Morgan fingerprint density at radius 1 is 0.247 bits per heavy atom. The van der Waals surface area contributed by atoms with Crippen molar-refractivity contribution in [3.8, 4) is 50.2 Å². The molecule has 10 aromatic heterocycles. The average Bonchev–Trinajstić information content (AvgIpc) is 1.04. The van der Waals surface area contributed by atoms with Crippen LogP contribution in [-0.4, -0.2) is 29.7 Å². The van der Waals surface area contributed by atoms with E-state index in [4.69, 9.17) is 19.4 Å². The summed E-state index contributed by atoms with van der Waals surface area (Å²) in [5.74, 6) is 0. The van der Waals surface area contributed by atoms with E-state index in [9.17, 15) is 0 Å². The van der Waals surface area contributed by atoms with Crippen LogP contribution < -0.4 is 4.90 Å². The van der Waals surface area contributed by atoms with Crippen LogP contribution in [0.2, 0.25) is 0 Å². The van der Waals surface area contributed by atoms with Gasteiger partial charge in [-0.15, -0.1) is 61.8 Å². The van der Waals surface area contributed by atoms with Gasteiger partial charge in [-0.1, -0.05) is 249 Å². The number of benzene rings is 23. The number of furan rings is 1. The minimum Gasteiger partial charge on any atom is -0.456 e. The number of hydrogen-bond acceptors (Lipinski definition) is 12. The monoisotopic (exact) mass is 2000 g/mol. The van der Waals surface area contributed by atoms with Crippen molar-refractivity contribution in [2.45, 2.75) is 13.8 Å². The molecule has 0 amide bonds. The Hall–Kier alpha value is -18.1. The van der Waals surface area contributed by atoms with E-state index in [1.165, 1.54) is 222 Å². The number of rotatable bonds is 8. The summed E-state index contributed by atoms with van der Waals surface area (Å²) in [7, 11) is 0. The van der Waals surface area contributed by atoms with Gasteiger partial charge in [-0.3, -0.25) is 9.97 Å². The molecule has 10 heterocycles. The van der Waals surface area contributed by atoms with Crippen molar-refractivity contribution < 1.29 is 4.42 Å². The summed E-state index contributed by atoms with van der Waals surface area (Å²) < 4.78 is 20.3. The first kappa shape index (κ1) is 87.3. The molecule has 8 nitrogen and oxygen atoms in total. The third-order valence-corrected chi connectivity index (χ3v) is 35.7. The molecule has 33 rings (SSSR count). The minimum atomic E-state index is 0.897. The summed E-state index contributed by atoms with van der Waals surface area (Å²) >= 11 is 9.23. The van der Waals surface area contributed by atoms with Crippen LogP contribution in [0.4, 0.5) is 17.1 Å². The first-order chi connectivity index (χ1) is 74.1. The van der Waals surface area contributed by atoms with Crippen LogP contribution in [0.5, 0.6) is 0 Å². The second-order valence-electron chi connectivity index (χ2n) is 38.9. The Labute approximate surface area is 879 Å². The number of fused-ring (bicyclic) bond motifs is 32. The van der Waals surface area contributed by atoms with E-state index in [2.05, 4.69) is 463 Å². The zero-order valence-electron chi connectivity index (χ0n) is 81.0. The van der Waals surface area contributed by atoms with Crippen LogP contribution in [0, 0.1) is 13.8 Å². The van der Waals surface area contributed by atoms with Gasteiger partial charge in [0.2, 0.25) is 0 Å². The van der Waals surface area contributed by atoms with Crippen molar-refractivity contribution in [3.05, 3.63) is 478 Å². The predicted octanol–water partition coefficient (Wildman–Crippen LogP) is 40.5. The molecule has 0 N–H and O–H groups in total. The average molecular weight is 2000 g/mol. The predicted molar refractivity (Wildman–Crippen MR) is 647 cm³/mol. The number of para-hydroxylation sites is 4. The maximum absolute atomic E-state index is 6.07. The highest BCUT2D eigenvalue weighted by atomic mass is 32.1. The molecule has 0 aliphatic heterocycles. The zero-order chi connectivity index (χ0) is 98.9. The van der Waals surface area contributed by atoms with E-state index in [1.807, 2.05) is 76.8 Å². The molecule has 0 aliphatic rings. The SMILES string of the molecule is Cc1cnc2c(n1)c(-c1ccc3oc4ccccc4c3c1)cc1cc3c(cc12)sc1ccccc13.Cc1nccc2c1c(-c1ccc3c4ccccc4n(-c4ccccc4)c3c1)cc1cc3c(cc12)sc1ccccc13.c1ccc(N(c2ccc(-c3cc4cc5c(cc4c4ccccc34)sc3ccccc35)cc2)c2ccc3ccccc3c2)cc1.c1ccc2c(-c3cc4cc5c(cc4c4nnccc34)sc3ccccc35)csc2c1. The molecule has 0 unspecified atom stereocenters. The highest BCUT2D eigenvalue weighted by Crippen LogP contribution is 2.51. The molecule has 0 saturated carbocycles. The Kier molecular flexibility index (Phi) is 20.6. The second-order valence-corrected chi connectivity index (χ2v) is 44.1. The van der Waals surface area contributed by atoms with Gasteiger partial charge in [0.1, 0.15) is 16.7 Å². The first-order valence-electron chi connectivity index (χ1n) is 50.5. The fraction of sp³-hybridized carbons (Fsp3) is 0.0146. The fourth-order valence-corrected chi connectivity index (χ4v) is 28.7. The summed E-state index contributed by atoms with van der Waals surface area (Å²) in [4.78, 5) is 17.0. The van der Waals surface area contributed by atoms with Crippen molar-refractivity contribution in [2.75, 3.05) is 4.90 Å². The number of aryl methyl sites for hydroxylation is 2. The van der Waals surface area contributed by atoms with Crippen LogP contribution in [0.3, 0.4) is 0 Å². The quantitative estimate of drug-likeness (QED) is 0.140. The fourth-order valence-electron chi connectivity index (χ4n) is 23.2. The lowest BCUT2D eigenvalue weighted by Crippen LogP contribution is -2.09. The van der Waals surface area contributed by atoms with Gasteiger partial charge < -0.3 is 13.9 Å². The maximum atomic E-state index is 6.07. The molecule has 13 heteroatoms. The number of hydrogen-bond donors (Lipinski definition) is 0. The maximum Gasteiger partial charge on any atom is 0.135 e. The molecule has 150 heavy (non-hydrogen) atoms. The van der Waals surface area contributed by atoms with Crippen LogP contribution in [0.15, 0.2) is 471 Å². The highest BCUT2D eigenvalue weighted by molar-refractivity contribution is 7.27. The van der Waals surface area contributed by atoms with Gasteiger partial charge in [0.05, 0.1) is 34.0 Å². The molecule has 23 aromatic carbocycles. The van der Waals surface area contributed by atoms with Crippen LogP contribution in [0.25, 0.3) is 282 Å². The van der Waals surface area contributed by atoms with Crippen LogP contribution >= 0.6 is 56.7 Å². The van der Waals surface area contributed by atoms with Gasteiger partial charge in [0, 0.05) is 186 Å². The molecule has 0 spiro atoms. The molecule has 0 radical (unpaired) electrons. The molecule has 702 valence electrons. The van der Waals surface area contributed by atoms with Gasteiger partial charge in [-0.2, -0.15) is 5.10 Å². The van der Waals surface area contributed by atoms with E-state index in [1.54, 1.807) is 17.5 Å². The lowest BCUT2D eigenvalue weighted by atomic mass is 9.91. The number of nitrogens with zero attached hydrogens (tertiary/aromatic N) is 7. The summed E-state index contributed by atoms with van der Waals surface area (Å²) in [5, 5.41) is 46.2. The smallest absolute Gasteiger partial charge is 0.135 e. The Morgan fingerprint density at radius 3 is 1.39 bits per heavy atom. The van der Waals surface area contributed by atoms with Gasteiger partial charge in [-0.05, 0) is 306 Å². The normalized spacial score (nSPS) is 11.9. The highest BCUT2D eigenvalue weighted by Gasteiger charge is 2.25. The van der Waals surface area contributed by atoms with Crippen molar-refractivity contribution in [1.82, 2.24) is 29.7 Å². The molecule has 0 atom stereocenters. The van der Waals surface area contributed by atoms with E-state index in [0.717, 1.165) is 88.8 Å². The third kappa shape index (κ3) is 14.6. The van der Waals surface area contributed by atoms with Gasteiger partial charge in [-0.25, -0.2) is 4.98 Å². The summed E-state index contributed by atoms with van der Waals surface area (Å²) in [6, 6.07) is 161. The molecule has 0 aliphatic carbocycles. The number of anilines is 3. The zero-order valence-corrected chi connectivity index (χ0v) is 85.1. The molecular weight excluding hydrogens is 1920 g/mol. The van der Waals surface area contributed by atoms with E-state index >= 15 is 0 Å². The lowest BCUT2D eigenvalue weighted by Gasteiger charge is -2.26. The Balaban J connectivity index is 0.0000000927. The minimum absolute atomic E-state index is 0.897. The van der Waals surface area contributed by atoms with Gasteiger partial charge in [0.25, 0.3) is 0 Å². The molecular formula is C137H83N7OS5.